The number of fused-ring (bicyclic) bond motifs is 1. The number of hydrogen-bond donors (Lipinski definition) is 0. The highest BCUT2D eigenvalue weighted by atomic mass is 32.1. The maximum atomic E-state index is 12.2. The van der Waals surface area contributed by atoms with E-state index >= 15 is 0 Å². The van der Waals surface area contributed by atoms with Gasteiger partial charge in [0.1, 0.15) is 4.70 Å². The number of hydrogen-bond acceptors (Lipinski definition) is 4. The minimum Gasteiger partial charge on any atom is -0.297 e. The number of Topliss-reactive ketones (excluding diaryl/α,β-unsaturated/α-hetero) is 1. The zero-order valence-corrected chi connectivity index (χ0v) is 10.9. The van der Waals surface area contributed by atoms with E-state index in [4.69, 9.17) is 0 Å². The summed E-state index contributed by atoms with van der Waals surface area (Å²) in [7, 11) is 0. The predicted molar refractivity (Wildman–Crippen MR) is 68.6 cm³/mol. The van der Waals surface area contributed by atoms with Crippen LogP contribution in [0.25, 0.3) is 10.2 Å². The predicted octanol–water partition coefficient (Wildman–Crippen LogP) is 2.31. The molecule has 0 saturated heterocycles. The van der Waals surface area contributed by atoms with Crippen LogP contribution in [0.15, 0.2) is 16.5 Å². The van der Waals surface area contributed by atoms with Crippen molar-refractivity contribution < 1.29 is 4.79 Å². The van der Waals surface area contributed by atoms with Crippen LogP contribution in [-0.2, 0) is 4.79 Å². The Bertz CT molecular complexity index is 627. The lowest BCUT2D eigenvalue weighted by atomic mass is 10.1. The van der Waals surface area contributed by atoms with Gasteiger partial charge in [0.2, 0.25) is 0 Å². The second-order valence-corrected chi connectivity index (χ2v) is 4.93. The molecule has 2 aromatic rings. The summed E-state index contributed by atoms with van der Waals surface area (Å²) in [5.41, 5.74) is 1.62. The van der Waals surface area contributed by atoms with Crippen molar-refractivity contribution in [3.05, 3.63) is 27.6 Å². The molecule has 17 heavy (non-hydrogen) atoms. The molecule has 0 aromatic carbocycles. The third-order valence-corrected chi connectivity index (χ3v) is 3.99. The van der Waals surface area contributed by atoms with Crippen LogP contribution in [0.4, 0.5) is 0 Å². The minimum atomic E-state index is -0.438. The van der Waals surface area contributed by atoms with Crippen LogP contribution in [0, 0.1) is 6.92 Å². The zero-order valence-electron chi connectivity index (χ0n) is 10.1. The molecule has 5 heteroatoms. The fraction of sp³-hybridized carbons (Fsp3) is 0.417. The van der Waals surface area contributed by atoms with Crippen molar-refractivity contribution in [2.24, 2.45) is 0 Å². The van der Waals surface area contributed by atoms with Crippen LogP contribution in [-0.4, -0.2) is 15.3 Å². The SMILES string of the molecule is CCC(=O)C(C)n1cnc2c(C)csc2c1=O. The average molecular weight is 250 g/mol. The van der Waals surface area contributed by atoms with E-state index in [1.165, 1.54) is 22.2 Å². The maximum absolute atomic E-state index is 12.2. The van der Waals surface area contributed by atoms with E-state index in [2.05, 4.69) is 4.98 Å². The monoisotopic (exact) mass is 250 g/mol. The molecule has 2 heterocycles. The van der Waals surface area contributed by atoms with Crippen molar-refractivity contribution in [1.29, 1.82) is 0 Å². The molecule has 2 rings (SSSR count). The standard InChI is InChI=1S/C12H14N2O2S/c1-4-9(15)8(3)14-6-13-10-7(2)5-17-11(10)12(14)16/h5-6,8H,4H2,1-3H3. The fourth-order valence-corrected chi connectivity index (χ4v) is 2.70. The molecule has 0 aliphatic carbocycles. The van der Waals surface area contributed by atoms with Crippen molar-refractivity contribution in [2.75, 3.05) is 0 Å². The third kappa shape index (κ3) is 1.91. The Morgan fingerprint density at radius 2 is 2.29 bits per heavy atom. The summed E-state index contributed by atoms with van der Waals surface area (Å²) in [5.74, 6) is 0.0431. The van der Waals surface area contributed by atoms with E-state index in [-0.39, 0.29) is 11.3 Å². The molecular weight excluding hydrogens is 236 g/mol. The summed E-state index contributed by atoms with van der Waals surface area (Å²) < 4.78 is 2.05. The van der Waals surface area contributed by atoms with Crippen LogP contribution < -0.4 is 5.56 Å². The molecule has 0 amide bonds. The van der Waals surface area contributed by atoms with Gasteiger partial charge in [0.15, 0.2) is 5.78 Å². The smallest absolute Gasteiger partial charge is 0.271 e. The molecule has 1 atom stereocenters. The largest absolute Gasteiger partial charge is 0.297 e. The number of aryl methyl sites for hydroxylation is 1. The first-order valence-corrected chi connectivity index (χ1v) is 6.41. The summed E-state index contributed by atoms with van der Waals surface area (Å²) in [5, 5.41) is 1.91. The van der Waals surface area contributed by atoms with Crippen molar-refractivity contribution in [1.82, 2.24) is 9.55 Å². The molecule has 2 aromatic heterocycles. The summed E-state index contributed by atoms with van der Waals surface area (Å²) in [6.07, 6.45) is 1.90. The van der Waals surface area contributed by atoms with Crippen LogP contribution in [0.3, 0.4) is 0 Å². The third-order valence-electron chi connectivity index (χ3n) is 2.91. The Morgan fingerprint density at radius 1 is 1.59 bits per heavy atom. The summed E-state index contributed by atoms with van der Waals surface area (Å²) >= 11 is 1.38. The Kier molecular flexibility index (Phi) is 3.11. The van der Waals surface area contributed by atoms with Gasteiger partial charge in [-0.1, -0.05) is 6.92 Å². The van der Waals surface area contributed by atoms with Gasteiger partial charge in [-0.25, -0.2) is 4.98 Å². The van der Waals surface area contributed by atoms with Gasteiger partial charge in [-0.3, -0.25) is 14.2 Å². The lowest BCUT2D eigenvalue weighted by Gasteiger charge is -2.12. The Hall–Kier alpha value is -1.49. The van der Waals surface area contributed by atoms with Crippen molar-refractivity contribution >= 4 is 27.3 Å². The van der Waals surface area contributed by atoms with Gasteiger partial charge in [0.05, 0.1) is 17.9 Å². The van der Waals surface area contributed by atoms with Gasteiger partial charge in [-0.05, 0) is 24.8 Å². The molecule has 0 aliphatic heterocycles. The number of ketones is 1. The first-order valence-electron chi connectivity index (χ1n) is 5.54. The molecular formula is C12H14N2O2S. The van der Waals surface area contributed by atoms with Gasteiger partial charge >= 0.3 is 0 Å². The lowest BCUT2D eigenvalue weighted by molar-refractivity contribution is -0.121. The van der Waals surface area contributed by atoms with E-state index in [0.29, 0.717) is 11.1 Å². The van der Waals surface area contributed by atoms with E-state index < -0.39 is 6.04 Å². The lowest BCUT2D eigenvalue weighted by Crippen LogP contribution is -2.27. The number of rotatable bonds is 3. The van der Waals surface area contributed by atoms with Gasteiger partial charge < -0.3 is 0 Å². The van der Waals surface area contributed by atoms with Gasteiger partial charge in [0.25, 0.3) is 5.56 Å². The summed E-state index contributed by atoms with van der Waals surface area (Å²) in [6.45, 7) is 5.46. The maximum Gasteiger partial charge on any atom is 0.271 e. The van der Waals surface area contributed by atoms with Crippen molar-refractivity contribution in [2.45, 2.75) is 33.2 Å². The Labute approximate surface area is 103 Å². The molecule has 90 valence electrons. The minimum absolute atomic E-state index is 0.0431. The first-order chi connectivity index (χ1) is 8.06. The molecule has 0 aliphatic rings. The number of carbonyl (C=O) groups excluding carboxylic acids is 1. The van der Waals surface area contributed by atoms with E-state index in [0.717, 1.165) is 11.1 Å². The molecule has 0 spiro atoms. The van der Waals surface area contributed by atoms with Crippen LogP contribution in [0.1, 0.15) is 31.9 Å². The van der Waals surface area contributed by atoms with E-state index in [9.17, 15) is 9.59 Å². The molecule has 0 bridgehead atoms. The number of carbonyl (C=O) groups is 1. The summed E-state index contributed by atoms with van der Waals surface area (Å²) in [6, 6.07) is -0.438. The quantitative estimate of drug-likeness (QED) is 0.840. The van der Waals surface area contributed by atoms with Crippen molar-refractivity contribution in [3.8, 4) is 0 Å². The van der Waals surface area contributed by atoms with Crippen LogP contribution >= 0.6 is 11.3 Å². The molecule has 0 fully saturated rings. The fourth-order valence-electron chi connectivity index (χ4n) is 1.77. The van der Waals surface area contributed by atoms with Gasteiger partial charge in [-0.15, -0.1) is 11.3 Å². The average Bonchev–Trinajstić information content (AvgIpc) is 2.71. The Morgan fingerprint density at radius 3 is 2.94 bits per heavy atom. The highest BCUT2D eigenvalue weighted by Gasteiger charge is 2.16. The highest BCUT2D eigenvalue weighted by molar-refractivity contribution is 7.17. The van der Waals surface area contributed by atoms with Crippen molar-refractivity contribution in [3.63, 3.8) is 0 Å². The second kappa shape index (κ2) is 4.41. The zero-order chi connectivity index (χ0) is 12.6. The van der Waals surface area contributed by atoms with Gasteiger partial charge in [0, 0.05) is 6.42 Å². The summed E-state index contributed by atoms with van der Waals surface area (Å²) in [4.78, 5) is 28.1. The van der Waals surface area contributed by atoms with E-state index in [1.54, 1.807) is 13.8 Å². The molecule has 0 radical (unpaired) electrons. The normalized spacial score (nSPS) is 12.9. The van der Waals surface area contributed by atoms with Gasteiger partial charge in [-0.2, -0.15) is 0 Å². The van der Waals surface area contributed by atoms with Crippen LogP contribution in [0.2, 0.25) is 0 Å². The second-order valence-electron chi connectivity index (χ2n) is 4.05. The molecule has 1 unspecified atom stereocenters. The number of thiophene rings is 1. The molecule has 4 nitrogen and oxygen atoms in total. The van der Waals surface area contributed by atoms with Crippen LogP contribution in [0.5, 0.6) is 0 Å². The molecule has 0 saturated carbocycles. The van der Waals surface area contributed by atoms with E-state index in [1.807, 2.05) is 12.3 Å². The first kappa shape index (κ1) is 12.0. The number of nitrogens with zero attached hydrogens (tertiary/aromatic N) is 2. The number of aromatic nitrogens is 2. The topological polar surface area (TPSA) is 52.0 Å². The highest BCUT2D eigenvalue weighted by Crippen LogP contribution is 2.20. The Balaban J connectivity index is 2.61. The molecule has 0 N–H and O–H groups in total.